The maximum absolute atomic E-state index is 11.8. The molecule has 0 saturated carbocycles. The van der Waals surface area contributed by atoms with E-state index in [1.54, 1.807) is 0 Å². The van der Waals surface area contributed by atoms with Crippen LogP contribution in [-0.4, -0.2) is 27.0 Å². The first-order valence-electron chi connectivity index (χ1n) is 3.78. The number of aryl methyl sites for hydroxylation is 1. The highest BCUT2D eigenvalue weighted by molar-refractivity contribution is 5.90. The molecule has 0 bridgehead atoms. The number of aromatic nitrogens is 3. The van der Waals surface area contributed by atoms with Crippen LogP contribution in [0.3, 0.4) is 0 Å². The first-order chi connectivity index (χ1) is 6.11. The van der Waals surface area contributed by atoms with Gasteiger partial charge in [0, 0.05) is 19.9 Å². The van der Waals surface area contributed by atoms with Gasteiger partial charge in [-0.1, -0.05) is 0 Å². The van der Waals surface area contributed by atoms with Crippen LogP contribution in [-0.2, 0) is 6.54 Å². The molecule has 1 heterocycles. The number of Topliss-reactive ketones (excluding diaryl/α,β-unsaturated/α-hetero) is 1. The SMILES string of the molecule is CC(=O)c1ncnn1CCC(F)F. The minimum absolute atomic E-state index is 0.0204. The van der Waals surface area contributed by atoms with Gasteiger partial charge >= 0.3 is 0 Å². The van der Waals surface area contributed by atoms with Crippen LogP contribution < -0.4 is 0 Å². The Labute approximate surface area is 73.6 Å². The Morgan fingerprint density at radius 2 is 2.38 bits per heavy atom. The van der Waals surface area contributed by atoms with E-state index in [0.29, 0.717) is 0 Å². The molecule has 0 amide bonds. The first kappa shape index (κ1) is 9.76. The summed E-state index contributed by atoms with van der Waals surface area (Å²) in [5.41, 5.74) is 0. The van der Waals surface area contributed by atoms with Crippen molar-refractivity contribution in [1.82, 2.24) is 14.8 Å². The lowest BCUT2D eigenvalue weighted by Gasteiger charge is -2.02. The van der Waals surface area contributed by atoms with Gasteiger partial charge in [0.05, 0.1) is 0 Å². The van der Waals surface area contributed by atoms with Gasteiger partial charge in [-0.05, 0) is 0 Å². The summed E-state index contributed by atoms with van der Waals surface area (Å²) in [5, 5.41) is 3.66. The molecule has 0 aliphatic rings. The fourth-order valence-electron chi connectivity index (χ4n) is 0.920. The van der Waals surface area contributed by atoms with E-state index >= 15 is 0 Å². The second kappa shape index (κ2) is 4.06. The molecule has 72 valence electrons. The number of carbonyl (C=O) groups is 1. The molecule has 1 aromatic rings. The summed E-state index contributed by atoms with van der Waals surface area (Å²) >= 11 is 0. The average molecular weight is 189 g/mol. The van der Waals surface area contributed by atoms with Gasteiger partial charge in [0.1, 0.15) is 6.33 Å². The van der Waals surface area contributed by atoms with Crippen LogP contribution in [0.15, 0.2) is 6.33 Å². The van der Waals surface area contributed by atoms with Crippen LogP contribution in [0.4, 0.5) is 8.78 Å². The van der Waals surface area contributed by atoms with E-state index in [4.69, 9.17) is 0 Å². The highest BCUT2D eigenvalue weighted by atomic mass is 19.3. The molecule has 0 aromatic carbocycles. The largest absolute Gasteiger partial charge is 0.291 e. The van der Waals surface area contributed by atoms with E-state index in [0.717, 1.165) is 0 Å². The lowest BCUT2D eigenvalue weighted by Crippen LogP contribution is -2.11. The summed E-state index contributed by atoms with van der Waals surface area (Å²) in [6.45, 7) is 1.34. The molecular weight excluding hydrogens is 180 g/mol. The van der Waals surface area contributed by atoms with Crippen LogP contribution in [0.1, 0.15) is 24.0 Å². The fourth-order valence-corrected chi connectivity index (χ4v) is 0.920. The number of halogens is 2. The number of rotatable bonds is 4. The topological polar surface area (TPSA) is 47.8 Å². The molecule has 0 N–H and O–H groups in total. The van der Waals surface area contributed by atoms with E-state index in [-0.39, 0.29) is 24.6 Å². The zero-order valence-corrected chi connectivity index (χ0v) is 7.07. The predicted octanol–water partition coefficient (Wildman–Crippen LogP) is 1.14. The molecule has 0 saturated heterocycles. The Hall–Kier alpha value is -1.33. The smallest absolute Gasteiger partial charge is 0.240 e. The first-order valence-corrected chi connectivity index (χ1v) is 3.78. The van der Waals surface area contributed by atoms with E-state index in [1.807, 2.05) is 0 Å². The molecule has 6 heteroatoms. The Bertz CT molecular complexity index is 298. The summed E-state index contributed by atoms with van der Waals surface area (Å²) < 4.78 is 24.8. The molecule has 13 heavy (non-hydrogen) atoms. The zero-order chi connectivity index (χ0) is 9.84. The number of nitrogens with zero attached hydrogens (tertiary/aromatic N) is 3. The lowest BCUT2D eigenvalue weighted by atomic mass is 10.4. The Kier molecular flexibility index (Phi) is 3.05. The molecule has 0 spiro atoms. The molecule has 0 fully saturated rings. The maximum atomic E-state index is 11.8. The van der Waals surface area contributed by atoms with E-state index < -0.39 is 6.43 Å². The van der Waals surface area contributed by atoms with Crippen LogP contribution in [0.2, 0.25) is 0 Å². The van der Waals surface area contributed by atoms with Crippen molar-refractivity contribution in [2.24, 2.45) is 0 Å². The highest BCUT2D eigenvalue weighted by Crippen LogP contribution is 2.03. The van der Waals surface area contributed by atoms with Gasteiger partial charge in [-0.25, -0.2) is 18.4 Å². The van der Waals surface area contributed by atoms with Gasteiger partial charge in [0.2, 0.25) is 6.43 Å². The van der Waals surface area contributed by atoms with Gasteiger partial charge in [-0.3, -0.25) is 4.79 Å². The molecule has 0 aliphatic heterocycles. The van der Waals surface area contributed by atoms with Crippen molar-refractivity contribution in [3.05, 3.63) is 12.2 Å². The van der Waals surface area contributed by atoms with Crippen LogP contribution in [0, 0.1) is 0 Å². The van der Waals surface area contributed by atoms with E-state index in [1.165, 1.54) is 17.9 Å². The number of carbonyl (C=O) groups excluding carboxylic acids is 1. The number of alkyl halides is 2. The number of hydrogen-bond donors (Lipinski definition) is 0. The van der Waals surface area contributed by atoms with Crippen molar-refractivity contribution in [2.45, 2.75) is 26.3 Å². The third kappa shape index (κ3) is 2.57. The predicted molar refractivity (Wildman–Crippen MR) is 40.6 cm³/mol. The summed E-state index contributed by atoms with van der Waals surface area (Å²) in [7, 11) is 0. The van der Waals surface area contributed by atoms with Gasteiger partial charge in [-0.15, -0.1) is 0 Å². The van der Waals surface area contributed by atoms with Crippen molar-refractivity contribution in [2.75, 3.05) is 0 Å². The van der Waals surface area contributed by atoms with Gasteiger partial charge < -0.3 is 0 Å². The summed E-state index contributed by atoms with van der Waals surface area (Å²) in [6, 6.07) is 0. The second-order valence-electron chi connectivity index (χ2n) is 2.54. The van der Waals surface area contributed by atoms with Crippen molar-refractivity contribution < 1.29 is 13.6 Å². The van der Waals surface area contributed by atoms with Crippen molar-refractivity contribution in [3.8, 4) is 0 Å². The van der Waals surface area contributed by atoms with Crippen LogP contribution in [0.5, 0.6) is 0 Å². The van der Waals surface area contributed by atoms with Crippen molar-refractivity contribution in [1.29, 1.82) is 0 Å². The van der Waals surface area contributed by atoms with Crippen molar-refractivity contribution in [3.63, 3.8) is 0 Å². The zero-order valence-electron chi connectivity index (χ0n) is 7.07. The minimum Gasteiger partial charge on any atom is -0.291 e. The normalized spacial score (nSPS) is 10.8. The minimum atomic E-state index is -2.39. The van der Waals surface area contributed by atoms with Gasteiger partial charge in [-0.2, -0.15) is 5.10 Å². The Balaban J connectivity index is 2.65. The monoisotopic (exact) mass is 189 g/mol. The quantitative estimate of drug-likeness (QED) is 0.667. The molecule has 0 aliphatic carbocycles. The molecule has 0 radical (unpaired) electrons. The molecule has 4 nitrogen and oxygen atoms in total. The maximum Gasteiger partial charge on any atom is 0.240 e. The van der Waals surface area contributed by atoms with Gasteiger partial charge in [0.25, 0.3) is 0 Å². The molecule has 1 rings (SSSR count). The number of hydrogen-bond acceptors (Lipinski definition) is 3. The van der Waals surface area contributed by atoms with Crippen LogP contribution >= 0.6 is 0 Å². The lowest BCUT2D eigenvalue weighted by molar-refractivity contribution is 0.0989. The van der Waals surface area contributed by atoms with Crippen LogP contribution in [0.25, 0.3) is 0 Å². The standard InChI is InChI=1S/C7H9F2N3O/c1-5(13)7-10-4-11-12(7)3-2-6(8)9/h4,6H,2-3H2,1H3. The van der Waals surface area contributed by atoms with Gasteiger partial charge in [0.15, 0.2) is 11.6 Å². The Morgan fingerprint density at radius 3 is 2.92 bits per heavy atom. The van der Waals surface area contributed by atoms with Crippen molar-refractivity contribution >= 4 is 5.78 Å². The van der Waals surface area contributed by atoms with E-state index in [2.05, 4.69) is 10.1 Å². The summed E-state index contributed by atoms with van der Waals surface area (Å²) in [4.78, 5) is 14.5. The Morgan fingerprint density at radius 1 is 1.69 bits per heavy atom. The third-order valence-corrected chi connectivity index (χ3v) is 1.49. The highest BCUT2D eigenvalue weighted by Gasteiger charge is 2.10. The molecule has 0 unspecified atom stereocenters. The summed E-state index contributed by atoms with van der Waals surface area (Å²) in [5.74, 6) is -0.146. The summed E-state index contributed by atoms with van der Waals surface area (Å²) in [6.07, 6.45) is -1.52. The number of ketones is 1. The molecule has 0 atom stereocenters. The fraction of sp³-hybridized carbons (Fsp3) is 0.571. The molecule has 1 aromatic heterocycles. The van der Waals surface area contributed by atoms with E-state index in [9.17, 15) is 13.6 Å². The molecular formula is C7H9F2N3O. The third-order valence-electron chi connectivity index (χ3n) is 1.49. The average Bonchev–Trinajstić information content (AvgIpc) is 2.47. The second-order valence-corrected chi connectivity index (χ2v) is 2.54.